The first-order valence-electron chi connectivity index (χ1n) is 6.14. The Bertz CT molecular complexity index is 426. The summed E-state index contributed by atoms with van der Waals surface area (Å²) in [4.78, 5) is 0. The number of nitrogen functional groups attached to an aromatic ring is 1. The second-order valence-electron chi connectivity index (χ2n) is 4.72. The van der Waals surface area contributed by atoms with Crippen molar-refractivity contribution in [2.75, 3.05) is 17.3 Å². The maximum absolute atomic E-state index is 6.03. The topological polar surface area (TPSA) is 38.0 Å². The lowest BCUT2D eigenvalue weighted by molar-refractivity contribution is 0.474. The predicted molar refractivity (Wildman–Crippen MR) is 84.1 cm³/mol. The molecule has 1 aliphatic carbocycles. The highest BCUT2D eigenvalue weighted by atomic mass is 35.5. The molecule has 0 heterocycles. The average Bonchev–Trinajstić information content (AvgIpc) is 2.36. The summed E-state index contributed by atoms with van der Waals surface area (Å²) in [6, 6.07) is 4.01. The van der Waals surface area contributed by atoms with Crippen LogP contribution in [-0.4, -0.2) is 17.5 Å². The minimum Gasteiger partial charge on any atom is -0.397 e. The molecule has 1 aliphatic rings. The smallest absolute Gasteiger partial charge is 0.0614 e. The van der Waals surface area contributed by atoms with E-state index in [1.54, 1.807) is 6.07 Å². The van der Waals surface area contributed by atoms with Crippen LogP contribution in [0.25, 0.3) is 0 Å². The quantitative estimate of drug-likeness (QED) is 0.798. The van der Waals surface area contributed by atoms with Crippen molar-refractivity contribution in [2.24, 2.45) is 0 Å². The van der Waals surface area contributed by atoms with Crippen LogP contribution in [0, 0.1) is 0 Å². The van der Waals surface area contributed by atoms with Crippen molar-refractivity contribution in [3.63, 3.8) is 0 Å². The van der Waals surface area contributed by atoms with Crippen molar-refractivity contribution in [3.8, 4) is 0 Å². The molecular formula is C13H18Cl2N2S. The molecule has 5 heteroatoms. The highest BCUT2D eigenvalue weighted by molar-refractivity contribution is 7.99. The van der Waals surface area contributed by atoms with Crippen molar-refractivity contribution in [1.29, 1.82) is 0 Å². The van der Waals surface area contributed by atoms with E-state index in [1.165, 1.54) is 25.7 Å². The number of halogens is 2. The molecule has 0 bridgehead atoms. The van der Waals surface area contributed by atoms with Gasteiger partial charge in [0.25, 0.3) is 0 Å². The van der Waals surface area contributed by atoms with Gasteiger partial charge in [0, 0.05) is 11.3 Å². The van der Waals surface area contributed by atoms with E-state index in [0.29, 0.717) is 21.8 Å². The highest BCUT2D eigenvalue weighted by Crippen LogP contribution is 2.34. The van der Waals surface area contributed by atoms with Crippen LogP contribution in [0.3, 0.4) is 0 Å². The van der Waals surface area contributed by atoms with Crippen LogP contribution in [0.1, 0.15) is 25.7 Å². The van der Waals surface area contributed by atoms with E-state index in [9.17, 15) is 0 Å². The lowest BCUT2D eigenvalue weighted by atomic mass is 9.94. The zero-order valence-electron chi connectivity index (χ0n) is 10.4. The summed E-state index contributed by atoms with van der Waals surface area (Å²) in [5.74, 6) is 0. The second kappa shape index (κ2) is 6.27. The van der Waals surface area contributed by atoms with Crippen molar-refractivity contribution in [1.82, 2.24) is 0 Å². The van der Waals surface area contributed by atoms with Crippen molar-refractivity contribution < 1.29 is 0 Å². The summed E-state index contributed by atoms with van der Waals surface area (Å²) in [5.41, 5.74) is 7.53. The molecule has 0 saturated heterocycles. The number of anilines is 2. The third kappa shape index (κ3) is 3.40. The molecule has 0 amide bonds. The number of benzene rings is 1. The Morgan fingerprint density at radius 2 is 2.00 bits per heavy atom. The number of thioether (sulfide) groups is 1. The van der Waals surface area contributed by atoms with Crippen molar-refractivity contribution in [3.05, 3.63) is 22.2 Å². The van der Waals surface area contributed by atoms with Gasteiger partial charge >= 0.3 is 0 Å². The monoisotopic (exact) mass is 304 g/mol. The fraction of sp³-hybridized carbons (Fsp3) is 0.538. The molecule has 1 fully saturated rings. The van der Waals surface area contributed by atoms with Gasteiger partial charge in [0.15, 0.2) is 0 Å². The van der Waals surface area contributed by atoms with Crippen molar-refractivity contribution >= 4 is 46.3 Å². The maximum Gasteiger partial charge on any atom is 0.0614 e. The Labute approximate surface area is 123 Å². The molecule has 0 aliphatic heterocycles. The number of nitrogens with one attached hydrogen (secondary N) is 1. The molecule has 18 heavy (non-hydrogen) atoms. The lowest BCUT2D eigenvalue weighted by Gasteiger charge is -2.29. The maximum atomic E-state index is 6.03. The molecule has 0 aromatic heterocycles. The van der Waals surface area contributed by atoms with Gasteiger partial charge in [-0.2, -0.15) is 11.8 Å². The zero-order valence-corrected chi connectivity index (χ0v) is 12.7. The first-order chi connectivity index (χ1) is 8.60. The van der Waals surface area contributed by atoms with Gasteiger partial charge in [-0.3, -0.25) is 0 Å². The van der Waals surface area contributed by atoms with E-state index in [4.69, 9.17) is 28.9 Å². The van der Waals surface area contributed by atoms with Crippen molar-refractivity contribution in [2.45, 2.75) is 37.0 Å². The summed E-state index contributed by atoms with van der Waals surface area (Å²) < 4.78 is 0. The van der Waals surface area contributed by atoms with Gasteiger partial charge in [-0.1, -0.05) is 29.6 Å². The summed E-state index contributed by atoms with van der Waals surface area (Å²) in [5, 5.41) is 5.30. The van der Waals surface area contributed by atoms with Crippen LogP contribution in [0.15, 0.2) is 12.1 Å². The largest absolute Gasteiger partial charge is 0.397 e. The molecule has 2 atom stereocenters. The van der Waals surface area contributed by atoms with Gasteiger partial charge in [0.2, 0.25) is 0 Å². The minimum atomic E-state index is 0.482. The second-order valence-corrected chi connectivity index (χ2v) is 6.67. The van der Waals surface area contributed by atoms with Crippen LogP contribution >= 0.6 is 35.0 Å². The molecule has 100 valence electrons. The summed E-state index contributed by atoms with van der Waals surface area (Å²) in [6.45, 7) is 0. The Hall–Kier alpha value is -0.250. The van der Waals surface area contributed by atoms with Gasteiger partial charge in [-0.25, -0.2) is 0 Å². The van der Waals surface area contributed by atoms with Gasteiger partial charge in [-0.15, -0.1) is 0 Å². The van der Waals surface area contributed by atoms with Crippen LogP contribution in [-0.2, 0) is 0 Å². The van der Waals surface area contributed by atoms with Crippen LogP contribution in [0.2, 0.25) is 10.0 Å². The number of nitrogens with two attached hydrogens (primary N) is 1. The number of rotatable bonds is 3. The third-order valence-corrected chi connectivity index (χ3v) is 5.23. The molecule has 2 rings (SSSR count). The summed E-state index contributed by atoms with van der Waals surface area (Å²) in [6.07, 6.45) is 7.14. The summed E-state index contributed by atoms with van der Waals surface area (Å²) >= 11 is 13.9. The van der Waals surface area contributed by atoms with E-state index < -0.39 is 0 Å². The van der Waals surface area contributed by atoms with Crippen LogP contribution in [0.4, 0.5) is 11.4 Å². The SMILES string of the molecule is CSC1CCCC(Nc2cc(Cl)c(Cl)cc2N)C1. The predicted octanol–water partition coefficient (Wildman–Crippen LogP) is 4.66. The van der Waals surface area contributed by atoms with Crippen LogP contribution < -0.4 is 11.1 Å². The summed E-state index contributed by atoms with van der Waals surface area (Å²) in [7, 11) is 0. The molecule has 1 saturated carbocycles. The molecule has 0 radical (unpaired) electrons. The third-order valence-electron chi connectivity index (χ3n) is 3.41. The fourth-order valence-corrected chi connectivity index (χ4v) is 3.56. The minimum absolute atomic E-state index is 0.482. The molecular weight excluding hydrogens is 287 g/mol. The Kier molecular flexibility index (Phi) is 4.93. The molecule has 1 aromatic carbocycles. The molecule has 3 N–H and O–H groups in total. The van der Waals surface area contributed by atoms with E-state index in [0.717, 1.165) is 10.9 Å². The first kappa shape index (κ1) is 14.2. The first-order valence-corrected chi connectivity index (χ1v) is 8.18. The molecule has 2 nitrogen and oxygen atoms in total. The van der Waals surface area contributed by atoms with E-state index in [2.05, 4.69) is 11.6 Å². The number of hydrogen-bond donors (Lipinski definition) is 2. The Morgan fingerprint density at radius 3 is 2.72 bits per heavy atom. The highest BCUT2D eigenvalue weighted by Gasteiger charge is 2.21. The standard InChI is InChI=1S/C13H18Cl2N2S/c1-18-9-4-2-3-8(5-9)17-13-7-11(15)10(14)6-12(13)16/h6-9,17H,2-5,16H2,1H3. The lowest BCUT2D eigenvalue weighted by Crippen LogP contribution is -2.28. The average molecular weight is 305 g/mol. The number of hydrogen-bond acceptors (Lipinski definition) is 3. The fourth-order valence-electron chi connectivity index (χ4n) is 2.40. The molecule has 1 aromatic rings. The van der Waals surface area contributed by atoms with E-state index >= 15 is 0 Å². The van der Waals surface area contributed by atoms with Crippen LogP contribution in [0.5, 0.6) is 0 Å². The Balaban J connectivity index is 2.07. The van der Waals surface area contributed by atoms with Gasteiger partial charge in [0.05, 0.1) is 21.4 Å². The van der Waals surface area contributed by atoms with Gasteiger partial charge < -0.3 is 11.1 Å². The zero-order chi connectivity index (χ0) is 13.1. The Morgan fingerprint density at radius 1 is 1.28 bits per heavy atom. The normalized spacial score (nSPS) is 23.9. The van der Waals surface area contributed by atoms with Gasteiger partial charge in [-0.05, 0) is 37.7 Å². The van der Waals surface area contributed by atoms with Gasteiger partial charge in [0.1, 0.15) is 0 Å². The van der Waals surface area contributed by atoms with E-state index in [-0.39, 0.29) is 0 Å². The van der Waals surface area contributed by atoms with E-state index in [1.807, 2.05) is 17.8 Å². The molecule has 2 unspecified atom stereocenters. The molecule has 0 spiro atoms.